The van der Waals surface area contributed by atoms with Crippen molar-refractivity contribution in [2.75, 3.05) is 18.5 Å². The van der Waals surface area contributed by atoms with E-state index in [0.717, 1.165) is 11.5 Å². The van der Waals surface area contributed by atoms with Gasteiger partial charge in [-0.1, -0.05) is 18.2 Å². The number of nitrogens with one attached hydrogen (secondary N) is 1. The molecule has 6 nitrogen and oxygen atoms in total. The largest absolute Gasteiger partial charge is 0.494 e. The van der Waals surface area contributed by atoms with E-state index in [-0.39, 0.29) is 12.3 Å². The van der Waals surface area contributed by atoms with Crippen molar-refractivity contribution in [3.63, 3.8) is 0 Å². The van der Waals surface area contributed by atoms with Crippen LogP contribution in [0.25, 0.3) is 0 Å². The average molecular weight is 371 g/mol. The minimum Gasteiger partial charge on any atom is -0.494 e. The molecule has 144 valence electrons. The monoisotopic (exact) mass is 371 g/mol. The third kappa shape index (κ3) is 7.40. The molecule has 0 radical (unpaired) electrons. The molecule has 27 heavy (non-hydrogen) atoms. The number of para-hydroxylation sites is 1. The van der Waals surface area contributed by atoms with Gasteiger partial charge in [0, 0.05) is 12.1 Å². The molecule has 0 saturated carbocycles. The van der Waals surface area contributed by atoms with Gasteiger partial charge in [-0.3, -0.25) is 9.59 Å². The second-order valence-electron chi connectivity index (χ2n) is 5.84. The molecule has 0 aliphatic carbocycles. The zero-order valence-corrected chi connectivity index (χ0v) is 15.6. The summed E-state index contributed by atoms with van der Waals surface area (Å²) in [5, 5.41) is 2.71. The molecule has 1 atom stereocenters. The number of hydrogen-bond acceptors (Lipinski definition) is 5. The van der Waals surface area contributed by atoms with Crippen LogP contribution in [0, 0.1) is 0 Å². The van der Waals surface area contributed by atoms with Crippen molar-refractivity contribution < 1.29 is 23.8 Å². The van der Waals surface area contributed by atoms with Crippen LogP contribution in [-0.2, 0) is 14.3 Å². The average Bonchev–Trinajstić information content (AvgIpc) is 2.68. The molecule has 1 N–H and O–H groups in total. The van der Waals surface area contributed by atoms with Gasteiger partial charge in [0.05, 0.1) is 13.2 Å². The first kappa shape index (κ1) is 20.3. The van der Waals surface area contributed by atoms with Crippen LogP contribution in [0.2, 0.25) is 0 Å². The van der Waals surface area contributed by atoms with Gasteiger partial charge < -0.3 is 19.5 Å². The van der Waals surface area contributed by atoms with Gasteiger partial charge in [-0.15, -0.1) is 0 Å². The number of esters is 1. The lowest BCUT2D eigenvalue weighted by Gasteiger charge is -2.14. The van der Waals surface area contributed by atoms with Gasteiger partial charge in [-0.05, 0) is 56.7 Å². The number of rotatable bonds is 10. The lowest BCUT2D eigenvalue weighted by atomic mass is 10.2. The van der Waals surface area contributed by atoms with E-state index < -0.39 is 12.1 Å². The molecule has 1 amide bonds. The SMILES string of the molecule is CCOc1ccc(NC(=O)[C@@H](C)OC(=O)CCCOc2ccccc2)cc1. The molecule has 0 saturated heterocycles. The molecule has 0 aromatic heterocycles. The van der Waals surface area contributed by atoms with Crippen LogP contribution in [-0.4, -0.2) is 31.2 Å². The van der Waals surface area contributed by atoms with Crippen molar-refractivity contribution in [3.8, 4) is 11.5 Å². The summed E-state index contributed by atoms with van der Waals surface area (Å²) >= 11 is 0. The van der Waals surface area contributed by atoms with E-state index in [4.69, 9.17) is 14.2 Å². The van der Waals surface area contributed by atoms with Crippen molar-refractivity contribution in [1.29, 1.82) is 0 Å². The summed E-state index contributed by atoms with van der Waals surface area (Å²) in [5.41, 5.74) is 0.614. The van der Waals surface area contributed by atoms with Crippen molar-refractivity contribution in [3.05, 3.63) is 54.6 Å². The summed E-state index contributed by atoms with van der Waals surface area (Å²) in [7, 11) is 0. The van der Waals surface area contributed by atoms with Gasteiger partial charge >= 0.3 is 5.97 Å². The first-order valence-corrected chi connectivity index (χ1v) is 8.99. The van der Waals surface area contributed by atoms with Crippen LogP contribution in [0.1, 0.15) is 26.7 Å². The highest BCUT2D eigenvalue weighted by molar-refractivity contribution is 5.95. The maximum atomic E-state index is 12.1. The highest BCUT2D eigenvalue weighted by atomic mass is 16.5. The molecule has 0 aliphatic heterocycles. The third-order valence-electron chi connectivity index (χ3n) is 3.65. The van der Waals surface area contributed by atoms with Gasteiger partial charge in [0.1, 0.15) is 11.5 Å². The van der Waals surface area contributed by atoms with Crippen molar-refractivity contribution in [2.45, 2.75) is 32.8 Å². The Morgan fingerprint density at radius 2 is 1.63 bits per heavy atom. The van der Waals surface area contributed by atoms with E-state index in [9.17, 15) is 9.59 Å². The number of amides is 1. The van der Waals surface area contributed by atoms with Gasteiger partial charge in [0.15, 0.2) is 6.10 Å². The number of carbonyl (C=O) groups excluding carboxylic acids is 2. The van der Waals surface area contributed by atoms with Gasteiger partial charge in [0.25, 0.3) is 5.91 Å². The summed E-state index contributed by atoms with van der Waals surface area (Å²) in [4.78, 5) is 24.0. The molecule has 2 aromatic rings. The van der Waals surface area contributed by atoms with E-state index in [1.54, 1.807) is 31.2 Å². The summed E-state index contributed by atoms with van der Waals surface area (Å²) in [6.07, 6.45) is -0.173. The molecule has 2 rings (SSSR count). The van der Waals surface area contributed by atoms with Crippen molar-refractivity contribution in [1.82, 2.24) is 0 Å². The highest BCUT2D eigenvalue weighted by Crippen LogP contribution is 2.16. The smallest absolute Gasteiger partial charge is 0.306 e. The van der Waals surface area contributed by atoms with E-state index in [2.05, 4.69) is 5.32 Å². The molecule has 0 unspecified atom stereocenters. The van der Waals surface area contributed by atoms with Crippen LogP contribution in [0.4, 0.5) is 5.69 Å². The molecule has 6 heteroatoms. The standard InChI is InChI=1S/C21H25NO5/c1-3-25-19-13-11-17(12-14-19)22-21(24)16(2)27-20(23)10-7-15-26-18-8-5-4-6-9-18/h4-6,8-9,11-14,16H,3,7,10,15H2,1-2H3,(H,22,24)/t16-/m1/s1. The molecular formula is C21H25NO5. The van der Waals surface area contributed by atoms with Gasteiger partial charge in [-0.2, -0.15) is 0 Å². The predicted octanol–water partition coefficient (Wildman–Crippen LogP) is 3.81. The first-order valence-electron chi connectivity index (χ1n) is 8.99. The van der Waals surface area contributed by atoms with Gasteiger partial charge in [-0.25, -0.2) is 0 Å². The fourth-order valence-corrected chi connectivity index (χ4v) is 2.28. The van der Waals surface area contributed by atoms with E-state index in [0.29, 0.717) is 25.3 Å². The Morgan fingerprint density at radius 3 is 2.30 bits per heavy atom. The van der Waals surface area contributed by atoms with Crippen LogP contribution in [0.15, 0.2) is 54.6 Å². The lowest BCUT2D eigenvalue weighted by Crippen LogP contribution is -2.30. The Balaban J connectivity index is 1.67. The highest BCUT2D eigenvalue weighted by Gasteiger charge is 2.17. The third-order valence-corrected chi connectivity index (χ3v) is 3.65. The molecule has 0 fully saturated rings. The minimum absolute atomic E-state index is 0.188. The molecular weight excluding hydrogens is 346 g/mol. The fraction of sp³-hybridized carbons (Fsp3) is 0.333. The number of ether oxygens (including phenoxy) is 3. The number of hydrogen-bond donors (Lipinski definition) is 1. The Kier molecular flexibility index (Phi) is 8.16. The van der Waals surface area contributed by atoms with Crippen LogP contribution in [0.3, 0.4) is 0 Å². The normalized spacial score (nSPS) is 11.3. The van der Waals surface area contributed by atoms with Crippen molar-refractivity contribution >= 4 is 17.6 Å². The zero-order valence-electron chi connectivity index (χ0n) is 15.6. The first-order chi connectivity index (χ1) is 13.1. The van der Waals surface area contributed by atoms with E-state index in [1.807, 2.05) is 37.3 Å². The maximum absolute atomic E-state index is 12.1. The Labute approximate surface area is 159 Å². The maximum Gasteiger partial charge on any atom is 0.306 e. The molecule has 0 spiro atoms. The second-order valence-corrected chi connectivity index (χ2v) is 5.84. The Bertz CT molecular complexity index is 715. The molecule has 2 aromatic carbocycles. The summed E-state index contributed by atoms with van der Waals surface area (Å²) < 4.78 is 16.0. The lowest BCUT2D eigenvalue weighted by molar-refractivity contribution is -0.153. The van der Waals surface area contributed by atoms with Crippen LogP contribution in [0.5, 0.6) is 11.5 Å². The second kappa shape index (κ2) is 10.9. The van der Waals surface area contributed by atoms with Crippen molar-refractivity contribution in [2.24, 2.45) is 0 Å². The van der Waals surface area contributed by atoms with Crippen LogP contribution >= 0.6 is 0 Å². The Morgan fingerprint density at radius 1 is 0.963 bits per heavy atom. The topological polar surface area (TPSA) is 73.9 Å². The van der Waals surface area contributed by atoms with E-state index >= 15 is 0 Å². The molecule has 0 heterocycles. The molecule has 0 bridgehead atoms. The fourth-order valence-electron chi connectivity index (χ4n) is 2.28. The minimum atomic E-state index is -0.876. The summed E-state index contributed by atoms with van der Waals surface area (Å²) in [6.45, 7) is 4.43. The quantitative estimate of drug-likeness (QED) is 0.508. The molecule has 0 aliphatic rings. The van der Waals surface area contributed by atoms with Gasteiger partial charge in [0.2, 0.25) is 0 Å². The summed E-state index contributed by atoms with van der Waals surface area (Å²) in [5.74, 6) is 0.677. The number of anilines is 1. The number of benzene rings is 2. The predicted molar refractivity (Wildman–Crippen MR) is 103 cm³/mol. The zero-order chi connectivity index (χ0) is 19.5. The van der Waals surface area contributed by atoms with E-state index in [1.165, 1.54) is 0 Å². The Hall–Kier alpha value is -3.02. The summed E-state index contributed by atoms with van der Waals surface area (Å²) in [6, 6.07) is 16.4. The number of carbonyl (C=O) groups is 2. The van der Waals surface area contributed by atoms with Crippen LogP contribution < -0.4 is 14.8 Å².